The van der Waals surface area contributed by atoms with Crippen molar-refractivity contribution < 1.29 is 9.47 Å². The van der Waals surface area contributed by atoms with Crippen molar-refractivity contribution in [1.29, 1.82) is 0 Å². The summed E-state index contributed by atoms with van der Waals surface area (Å²) in [5.41, 5.74) is 1.31. The Morgan fingerprint density at radius 1 is 1.37 bits per heavy atom. The third-order valence-corrected chi connectivity index (χ3v) is 3.78. The fraction of sp³-hybridized carbons (Fsp3) is 0.600. The van der Waals surface area contributed by atoms with Crippen LogP contribution >= 0.6 is 0 Å². The predicted molar refractivity (Wildman–Crippen MR) is 73.8 cm³/mol. The minimum absolute atomic E-state index is 0.0412. The molecule has 2 saturated heterocycles. The quantitative estimate of drug-likeness (QED) is 0.885. The molecule has 2 aliphatic heterocycles. The maximum Gasteiger partial charge on any atom is 0.171 e. The number of rotatable bonds is 4. The molecule has 0 aromatic heterocycles. The number of morpholine rings is 1. The summed E-state index contributed by atoms with van der Waals surface area (Å²) in [6.45, 7) is 7.54. The van der Waals surface area contributed by atoms with Gasteiger partial charge >= 0.3 is 0 Å². The van der Waals surface area contributed by atoms with Crippen LogP contribution in [0.3, 0.4) is 0 Å². The van der Waals surface area contributed by atoms with Crippen molar-refractivity contribution in [1.82, 2.24) is 10.2 Å². The standard InChI is InChI=1S/C15H22N2O2/c1-15(11-16-12-15)19-14-10-17(7-8-18-14)9-13-5-3-2-4-6-13/h2-6,14,16H,7-12H2,1H3. The summed E-state index contributed by atoms with van der Waals surface area (Å²) in [5.74, 6) is 0. The van der Waals surface area contributed by atoms with Crippen LogP contribution in [0.1, 0.15) is 12.5 Å². The van der Waals surface area contributed by atoms with Crippen LogP contribution in [0.5, 0.6) is 0 Å². The van der Waals surface area contributed by atoms with Gasteiger partial charge in [0.15, 0.2) is 6.29 Å². The van der Waals surface area contributed by atoms with Crippen LogP contribution in [0.15, 0.2) is 30.3 Å². The number of nitrogens with zero attached hydrogens (tertiary/aromatic N) is 1. The zero-order valence-corrected chi connectivity index (χ0v) is 11.5. The molecule has 104 valence electrons. The van der Waals surface area contributed by atoms with Crippen LogP contribution in [0.2, 0.25) is 0 Å². The molecule has 4 nitrogen and oxygen atoms in total. The largest absolute Gasteiger partial charge is 0.350 e. The van der Waals surface area contributed by atoms with E-state index >= 15 is 0 Å². The minimum atomic E-state index is -0.0930. The Morgan fingerprint density at radius 3 is 2.84 bits per heavy atom. The van der Waals surface area contributed by atoms with E-state index < -0.39 is 0 Å². The Kier molecular flexibility index (Phi) is 3.84. The summed E-state index contributed by atoms with van der Waals surface area (Å²) in [6.07, 6.45) is -0.0930. The lowest BCUT2D eigenvalue weighted by atomic mass is 10.00. The van der Waals surface area contributed by atoms with Crippen molar-refractivity contribution in [2.45, 2.75) is 25.4 Å². The van der Waals surface area contributed by atoms with E-state index in [0.29, 0.717) is 0 Å². The fourth-order valence-corrected chi connectivity index (χ4v) is 2.60. The van der Waals surface area contributed by atoms with Gasteiger partial charge in [-0.25, -0.2) is 0 Å². The summed E-state index contributed by atoms with van der Waals surface area (Å²) < 4.78 is 11.8. The molecule has 0 spiro atoms. The Hall–Kier alpha value is -0.940. The second-order valence-corrected chi connectivity index (χ2v) is 5.69. The van der Waals surface area contributed by atoms with Gasteiger partial charge in [0, 0.05) is 32.7 Å². The van der Waals surface area contributed by atoms with Crippen molar-refractivity contribution in [3.63, 3.8) is 0 Å². The van der Waals surface area contributed by atoms with Gasteiger partial charge in [0.1, 0.15) is 0 Å². The molecule has 0 bridgehead atoms. The maximum atomic E-state index is 6.06. The fourth-order valence-electron chi connectivity index (χ4n) is 2.60. The highest BCUT2D eigenvalue weighted by atomic mass is 16.7. The van der Waals surface area contributed by atoms with Gasteiger partial charge in [-0.2, -0.15) is 0 Å². The average Bonchev–Trinajstić information content (AvgIpc) is 2.38. The molecule has 1 N–H and O–H groups in total. The van der Waals surface area contributed by atoms with Gasteiger partial charge < -0.3 is 14.8 Å². The molecule has 0 saturated carbocycles. The molecular weight excluding hydrogens is 240 g/mol. The molecule has 19 heavy (non-hydrogen) atoms. The first-order valence-electron chi connectivity index (χ1n) is 7.00. The molecule has 0 radical (unpaired) electrons. The topological polar surface area (TPSA) is 33.7 Å². The van der Waals surface area contributed by atoms with Crippen molar-refractivity contribution in [2.24, 2.45) is 0 Å². The van der Waals surface area contributed by atoms with Crippen LogP contribution in [0.4, 0.5) is 0 Å². The Balaban J connectivity index is 1.53. The monoisotopic (exact) mass is 262 g/mol. The molecule has 0 amide bonds. The van der Waals surface area contributed by atoms with E-state index in [0.717, 1.165) is 39.3 Å². The van der Waals surface area contributed by atoms with Gasteiger partial charge in [-0.3, -0.25) is 4.90 Å². The third kappa shape index (κ3) is 3.34. The average molecular weight is 262 g/mol. The van der Waals surface area contributed by atoms with Crippen LogP contribution < -0.4 is 5.32 Å². The highest BCUT2D eigenvalue weighted by Gasteiger charge is 2.36. The zero-order chi connectivity index (χ0) is 13.1. The zero-order valence-electron chi connectivity index (χ0n) is 11.5. The Morgan fingerprint density at radius 2 is 2.16 bits per heavy atom. The van der Waals surface area contributed by atoms with E-state index in [4.69, 9.17) is 9.47 Å². The summed E-state index contributed by atoms with van der Waals surface area (Å²) in [4.78, 5) is 2.40. The molecule has 1 unspecified atom stereocenters. The maximum absolute atomic E-state index is 6.06. The molecular formula is C15H22N2O2. The van der Waals surface area contributed by atoms with Crippen molar-refractivity contribution in [3.8, 4) is 0 Å². The van der Waals surface area contributed by atoms with Crippen molar-refractivity contribution in [3.05, 3.63) is 35.9 Å². The first-order chi connectivity index (χ1) is 9.23. The van der Waals surface area contributed by atoms with E-state index in [2.05, 4.69) is 47.5 Å². The molecule has 3 rings (SSSR count). The lowest BCUT2D eigenvalue weighted by Gasteiger charge is -2.43. The summed E-state index contributed by atoms with van der Waals surface area (Å²) in [5, 5.41) is 3.25. The predicted octanol–water partition coefficient (Wildman–Crippen LogP) is 1.22. The highest BCUT2D eigenvalue weighted by Crippen LogP contribution is 2.21. The van der Waals surface area contributed by atoms with Gasteiger partial charge in [0.25, 0.3) is 0 Å². The second-order valence-electron chi connectivity index (χ2n) is 5.69. The van der Waals surface area contributed by atoms with Gasteiger partial charge in [-0.15, -0.1) is 0 Å². The number of hydrogen-bond acceptors (Lipinski definition) is 4. The molecule has 4 heteroatoms. The molecule has 1 aromatic carbocycles. The summed E-state index contributed by atoms with van der Waals surface area (Å²) >= 11 is 0. The SMILES string of the molecule is CC1(OC2CN(Cc3ccccc3)CCO2)CNC1. The molecule has 0 aliphatic carbocycles. The Bertz CT molecular complexity index is 406. The van der Waals surface area contributed by atoms with E-state index in [1.54, 1.807) is 0 Å². The number of ether oxygens (including phenoxy) is 2. The second kappa shape index (κ2) is 5.59. The van der Waals surface area contributed by atoms with Crippen molar-refractivity contribution in [2.75, 3.05) is 32.8 Å². The van der Waals surface area contributed by atoms with E-state index in [9.17, 15) is 0 Å². The molecule has 1 atom stereocenters. The summed E-state index contributed by atoms with van der Waals surface area (Å²) in [6, 6.07) is 10.6. The molecule has 2 heterocycles. The Labute approximate surface area is 114 Å². The van der Waals surface area contributed by atoms with E-state index in [1.165, 1.54) is 5.56 Å². The van der Waals surface area contributed by atoms with Gasteiger partial charge in [0.05, 0.1) is 12.2 Å². The number of hydrogen-bond donors (Lipinski definition) is 1. The number of nitrogens with one attached hydrogen (secondary N) is 1. The van der Waals surface area contributed by atoms with Gasteiger partial charge in [0.2, 0.25) is 0 Å². The van der Waals surface area contributed by atoms with E-state index in [1.807, 2.05) is 0 Å². The van der Waals surface area contributed by atoms with E-state index in [-0.39, 0.29) is 11.9 Å². The van der Waals surface area contributed by atoms with Gasteiger partial charge in [-0.05, 0) is 12.5 Å². The molecule has 2 fully saturated rings. The number of benzene rings is 1. The van der Waals surface area contributed by atoms with Crippen LogP contribution in [0, 0.1) is 0 Å². The van der Waals surface area contributed by atoms with Gasteiger partial charge in [-0.1, -0.05) is 30.3 Å². The summed E-state index contributed by atoms with van der Waals surface area (Å²) in [7, 11) is 0. The first kappa shape index (κ1) is 13.1. The van der Waals surface area contributed by atoms with Crippen LogP contribution in [-0.2, 0) is 16.0 Å². The van der Waals surface area contributed by atoms with Crippen molar-refractivity contribution >= 4 is 0 Å². The lowest BCUT2D eigenvalue weighted by molar-refractivity contribution is -0.241. The first-order valence-corrected chi connectivity index (χ1v) is 7.00. The highest BCUT2D eigenvalue weighted by molar-refractivity contribution is 5.14. The van der Waals surface area contributed by atoms with Crippen LogP contribution in [0.25, 0.3) is 0 Å². The molecule has 2 aliphatic rings. The normalized spacial score (nSPS) is 26.9. The third-order valence-electron chi connectivity index (χ3n) is 3.78. The molecule has 1 aromatic rings. The van der Waals surface area contributed by atoms with Crippen LogP contribution in [-0.4, -0.2) is 49.6 Å². The lowest BCUT2D eigenvalue weighted by Crippen LogP contribution is -2.61. The smallest absolute Gasteiger partial charge is 0.171 e. The minimum Gasteiger partial charge on any atom is -0.350 e.